The van der Waals surface area contributed by atoms with Crippen LogP contribution in [0, 0.1) is 0 Å². The Labute approximate surface area is 77.1 Å². The molecule has 0 saturated heterocycles. The molecule has 0 bridgehead atoms. The summed E-state index contributed by atoms with van der Waals surface area (Å²) in [6, 6.07) is 0. The Bertz CT molecular complexity index is 245. The molecule has 5 nitrogen and oxygen atoms in total. The van der Waals surface area contributed by atoms with Crippen LogP contribution in [-0.2, 0) is 4.79 Å². The molecule has 0 aliphatic rings. The molecule has 0 unspecified atom stereocenters. The molecule has 13 heavy (non-hydrogen) atoms. The summed E-state index contributed by atoms with van der Waals surface area (Å²) in [5, 5.41) is 7.14. The molecule has 0 spiro atoms. The van der Waals surface area contributed by atoms with Crippen molar-refractivity contribution in [2.45, 2.75) is 32.6 Å². The van der Waals surface area contributed by atoms with Crippen LogP contribution in [0.4, 0.5) is 0 Å². The molecule has 0 aliphatic carbocycles. The van der Waals surface area contributed by atoms with Crippen molar-refractivity contribution in [1.82, 2.24) is 14.9 Å². The monoisotopic (exact) mass is 182 g/mol. The highest BCUT2D eigenvalue weighted by molar-refractivity contribution is 5.83. The fraction of sp³-hybridized carbons (Fsp3) is 0.625. The van der Waals surface area contributed by atoms with Gasteiger partial charge in [-0.2, -0.15) is 0 Å². The quantitative estimate of drug-likeness (QED) is 0.689. The Morgan fingerprint density at radius 2 is 2.08 bits per heavy atom. The SMILES string of the molecule is CCCCCC(=O)Nn1cnnc1. The van der Waals surface area contributed by atoms with Crippen molar-refractivity contribution in [2.24, 2.45) is 0 Å². The van der Waals surface area contributed by atoms with Crippen molar-refractivity contribution in [3.63, 3.8) is 0 Å². The molecule has 0 aromatic carbocycles. The van der Waals surface area contributed by atoms with Gasteiger partial charge in [-0.05, 0) is 6.42 Å². The first-order valence-corrected chi connectivity index (χ1v) is 4.47. The van der Waals surface area contributed by atoms with Gasteiger partial charge in [0.1, 0.15) is 12.7 Å². The number of amides is 1. The average Bonchev–Trinajstić information content (AvgIpc) is 2.57. The highest BCUT2D eigenvalue weighted by Crippen LogP contribution is 1.98. The van der Waals surface area contributed by atoms with Crippen LogP contribution in [0.5, 0.6) is 0 Å². The molecule has 1 aromatic rings. The summed E-state index contributed by atoms with van der Waals surface area (Å²) in [6.45, 7) is 2.11. The fourth-order valence-corrected chi connectivity index (χ4v) is 0.994. The zero-order chi connectivity index (χ0) is 9.52. The highest BCUT2D eigenvalue weighted by atomic mass is 16.2. The van der Waals surface area contributed by atoms with E-state index in [9.17, 15) is 4.79 Å². The maximum Gasteiger partial charge on any atom is 0.238 e. The van der Waals surface area contributed by atoms with Crippen LogP contribution < -0.4 is 5.43 Å². The average molecular weight is 182 g/mol. The zero-order valence-electron chi connectivity index (χ0n) is 7.73. The third-order valence-electron chi connectivity index (χ3n) is 1.68. The summed E-state index contributed by atoms with van der Waals surface area (Å²) in [5.74, 6) is 0.00764. The first kappa shape index (κ1) is 9.70. The molecule has 0 fully saturated rings. The van der Waals surface area contributed by atoms with E-state index in [0.717, 1.165) is 19.3 Å². The number of carbonyl (C=O) groups excluding carboxylic acids is 1. The van der Waals surface area contributed by atoms with Crippen molar-refractivity contribution in [3.05, 3.63) is 12.7 Å². The first-order chi connectivity index (χ1) is 6.33. The van der Waals surface area contributed by atoms with Gasteiger partial charge in [-0.3, -0.25) is 10.2 Å². The minimum atomic E-state index is 0.00764. The van der Waals surface area contributed by atoms with Crippen molar-refractivity contribution in [3.8, 4) is 0 Å². The van der Waals surface area contributed by atoms with Gasteiger partial charge in [0.2, 0.25) is 5.91 Å². The van der Waals surface area contributed by atoms with Gasteiger partial charge in [0.15, 0.2) is 0 Å². The number of nitrogens with zero attached hydrogens (tertiary/aromatic N) is 3. The van der Waals surface area contributed by atoms with Gasteiger partial charge in [0.25, 0.3) is 0 Å². The topological polar surface area (TPSA) is 59.8 Å². The minimum absolute atomic E-state index is 0.00764. The molecule has 1 N–H and O–H groups in total. The molecule has 0 saturated carbocycles. The Kier molecular flexibility index (Phi) is 3.95. The van der Waals surface area contributed by atoms with E-state index in [1.54, 1.807) is 0 Å². The van der Waals surface area contributed by atoms with Crippen LogP contribution in [0.25, 0.3) is 0 Å². The maximum absolute atomic E-state index is 11.2. The van der Waals surface area contributed by atoms with Gasteiger partial charge >= 0.3 is 0 Å². The minimum Gasteiger partial charge on any atom is -0.273 e. The van der Waals surface area contributed by atoms with Crippen LogP contribution in [0.15, 0.2) is 12.7 Å². The summed E-state index contributed by atoms with van der Waals surface area (Å²) in [4.78, 5) is 11.2. The summed E-state index contributed by atoms with van der Waals surface area (Å²) >= 11 is 0. The fourth-order valence-electron chi connectivity index (χ4n) is 0.994. The second-order valence-corrected chi connectivity index (χ2v) is 2.86. The van der Waals surface area contributed by atoms with Crippen molar-refractivity contribution >= 4 is 5.91 Å². The van der Waals surface area contributed by atoms with Crippen molar-refractivity contribution in [1.29, 1.82) is 0 Å². The van der Waals surface area contributed by atoms with Crippen molar-refractivity contribution in [2.75, 3.05) is 5.43 Å². The number of carbonyl (C=O) groups is 1. The Morgan fingerprint density at radius 1 is 1.38 bits per heavy atom. The smallest absolute Gasteiger partial charge is 0.238 e. The van der Waals surface area contributed by atoms with E-state index in [-0.39, 0.29) is 5.91 Å². The lowest BCUT2D eigenvalue weighted by Crippen LogP contribution is -2.20. The lowest BCUT2D eigenvalue weighted by molar-refractivity contribution is -0.117. The predicted molar refractivity (Wildman–Crippen MR) is 48.5 cm³/mol. The van der Waals surface area contributed by atoms with Crippen LogP contribution in [0.3, 0.4) is 0 Å². The van der Waals surface area contributed by atoms with Crippen LogP contribution in [-0.4, -0.2) is 20.8 Å². The van der Waals surface area contributed by atoms with E-state index in [4.69, 9.17) is 0 Å². The lowest BCUT2D eigenvalue weighted by Gasteiger charge is -2.03. The molecule has 0 radical (unpaired) electrons. The number of nitrogens with one attached hydrogen (secondary N) is 1. The van der Waals surface area contributed by atoms with Crippen LogP contribution in [0.1, 0.15) is 32.6 Å². The number of rotatable bonds is 5. The van der Waals surface area contributed by atoms with Gasteiger partial charge in [-0.25, -0.2) is 4.68 Å². The van der Waals surface area contributed by atoms with E-state index in [0.29, 0.717) is 6.42 Å². The number of hydrogen-bond acceptors (Lipinski definition) is 3. The van der Waals surface area contributed by atoms with Crippen molar-refractivity contribution < 1.29 is 4.79 Å². The third-order valence-corrected chi connectivity index (χ3v) is 1.68. The molecule has 0 aliphatic heterocycles. The summed E-state index contributed by atoms with van der Waals surface area (Å²) < 4.78 is 1.45. The molecule has 1 aromatic heterocycles. The molecule has 0 atom stereocenters. The van der Waals surface area contributed by atoms with E-state index >= 15 is 0 Å². The molecular weight excluding hydrogens is 168 g/mol. The van der Waals surface area contributed by atoms with Crippen LogP contribution >= 0.6 is 0 Å². The standard InChI is InChI=1S/C8H14N4O/c1-2-3-4-5-8(13)11-12-6-9-10-7-12/h6-7H,2-5H2,1H3,(H,11,13). The summed E-state index contributed by atoms with van der Waals surface area (Å²) in [7, 11) is 0. The number of unbranched alkanes of at least 4 members (excludes halogenated alkanes) is 2. The largest absolute Gasteiger partial charge is 0.273 e. The number of aromatic nitrogens is 3. The second kappa shape index (κ2) is 5.29. The molecule has 1 rings (SSSR count). The Hall–Kier alpha value is -1.39. The highest BCUT2D eigenvalue weighted by Gasteiger charge is 2.00. The molecule has 72 valence electrons. The van der Waals surface area contributed by atoms with E-state index < -0.39 is 0 Å². The van der Waals surface area contributed by atoms with Gasteiger partial charge in [0, 0.05) is 6.42 Å². The molecule has 1 heterocycles. The van der Waals surface area contributed by atoms with Gasteiger partial charge in [-0.15, -0.1) is 10.2 Å². The summed E-state index contributed by atoms with van der Waals surface area (Å²) in [5.41, 5.74) is 2.63. The molecule has 5 heteroatoms. The predicted octanol–water partition coefficient (Wildman–Crippen LogP) is 0.928. The second-order valence-electron chi connectivity index (χ2n) is 2.86. The molecular formula is C8H14N4O. The van der Waals surface area contributed by atoms with E-state index in [1.165, 1.54) is 17.3 Å². The summed E-state index contributed by atoms with van der Waals surface area (Å²) in [6.07, 6.45) is 6.63. The third kappa shape index (κ3) is 3.68. The first-order valence-electron chi connectivity index (χ1n) is 4.47. The van der Waals surface area contributed by atoms with E-state index in [2.05, 4.69) is 22.5 Å². The number of hydrogen-bond donors (Lipinski definition) is 1. The van der Waals surface area contributed by atoms with Gasteiger partial charge in [0.05, 0.1) is 0 Å². The Morgan fingerprint density at radius 3 is 2.69 bits per heavy atom. The Balaban J connectivity index is 2.18. The van der Waals surface area contributed by atoms with Gasteiger partial charge < -0.3 is 0 Å². The normalized spacial score (nSPS) is 9.92. The zero-order valence-corrected chi connectivity index (χ0v) is 7.73. The van der Waals surface area contributed by atoms with E-state index in [1.807, 2.05) is 0 Å². The lowest BCUT2D eigenvalue weighted by atomic mass is 10.2. The molecule has 1 amide bonds. The van der Waals surface area contributed by atoms with Gasteiger partial charge in [-0.1, -0.05) is 19.8 Å². The van der Waals surface area contributed by atoms with Crippen LogP contribution in [0.2, 0.25) is 0 Å². The maximum atomic E-state index is 11.2.